The normalized spacial score (nSPS) is 14.9. The van der Waals surface area contributed by atoms with Crippen molar-refractivity contribution in [1.82, 2.24) is 15.1 Å². The summed E-state index contributed by atoms with van der Waals surface area (Å²) >= 11 is 0. The lowest BCUT2D eigenvalue weighted by atomic mass is 9.78. The molecule has 6 nitrogen and oxygen atoms in total. The molecule has 0 atom stereocenters. The second-order valence-electron chi connectivity index (χ2n) is 9.91. The number of rotatable bonds is 5. The van der Waals surface area contributed by atoms with Gasteiger partial charge in [-0.05, 0) is 66.7 Å². The maximum absolute atomic E-state index is 13.9. The highest BCUT2D eigenvalue weighted by molar-refractivity contribution is 6.08. The van der Waals surface area contributed by atoms with Crippen LogP contribution in [-0.2, 0) is 5.41 Å². The molecular formula is C28H29F2N5O. The van der Waals surface area contributed by atoms with Crippen LogP contribution in [-0.4, -0.2) is 54.2 Å². The number of hydrogen-bond donors (Lipinski definition) is 2. The Morgan fingerprint density at radius 1 is 0.917 bits per heavy atom. The van der Waals surface area contributed by atoms with E-state index in [1.54, 1.807) is 0 Å². The van der Waals surface area contributed by atoms with E-state index in [2.05, 4.69) is 32.4 Å². The second-order valence-corrected chi connectivity index (χ2v) is 9.91. The molecule has 36 heavy (non-hydrogen) atoms. The number of aromatic nitrogens is 2. The molecule has 0 saturated carbocycles. The van der Waals surface area contributed by atoms with Crippen LogP contribution in [0.1, 0.15) is 35.3 Å². The Labute approximate surface area is 208 Å². The van der Waals surface area contributed by atoms with Crippen LogP contribution in [0.2, 0.25) is 0 Å². The number of halogens is 2. The lowest BCUT2D eigenvalue weighted by Gasteiger charge is -2.34. The minimum absolute atomic E-state index is 0.259. The van der Waals surface area contributed by atoms with Gasteiger partial charge < -0.3 is 15.1 Å². The van der Waals surface area contributed by atoms with Gasteiger partial charge in [-0.15, -0.1) is 0 Å². The third-order valence-electron chi connectivity index (χ3n) is 7.10. The number of carbonyl (C=O) groups is 1. The maximum Gasteiger partial charge on any atom is 0.256 e. The van der Waals surface area contributed by atoms with Crippen molar-refractivity contribution in [2.24, 2.45) is 0 Å². The fourth-order valence-electron chi connectivity index (χ4n) is 4.65. The van der Waals surface area contributed by atoms with E-state index < -0.39 is 17.0 Å². The third-order valence-corrected chi connectivity index (χ3v) is 7.10. The van der Waals surface area contributed by atoms with Crippen LogP contribution in [0.5, 0.6) is 0 Å². The number of H-pyrrole nitrogens is 1. The van der Waals surface area contributed by atoms with Crippen molar-refractivity contribution in [3.63, 3.8) is 0 Å². The fourth-order valence-corrected chi connectivity index (χ4v) is 4.65. The number of benzene rings is 3. The Morgan fingerprint density at radius 3 is 2.25 bits per heavy atom. The highest BCUT2D eigenvalue weighted by Crippen LogP contribution is 2.35. The summed E-state index contributed by atoms with van der Waals surface area (Å²) in [6, 6.07) is 16.8. The Bertz CT molecular complexity index is 1390. The molecule has 2 N–H and O–H groups in total. The van der Waals surface area contributed by atoms with Crippen LogP contribution in [0.15, 0.2) is 60.7 Å². The first kappa shape index (κ1) is 23.9. The molecule has 1 aromatic heterocycles. The zero-order chi connectivity index (χ0) is 25.4. The number of carbonyl (C=O) groups excluding carboxylic acids is 1. The predicted molar refractivity (Wildman–Crippen MR) is 139 cm³/mol. The maximum atomic E-state index is 13.9. The molecule has 0 aliphatic carbocycles. The summed E-state index contributed by atoms with van der Waals surface area (Å²) in [7, 11) is 2.12. The number of amides is 1. The van der Waals surface area contributed by atoms with Crippen molar-refractivity contribution in [3.8, 4) is 0 Å². The first-order valence-corrected chi connectivity index (χ1v) is 12.0. The van der Waals surface area contributed by atoms with Crippen molar-refractivity contribution < 1.29 is 13.6 Å². The summed E-state index contributed by atoms with van der Waals surface area (Å²) in [6.07, 6.45) is 0. The molecule has 1 aliphatic heterocycles. The van der Waals surface area contributed by atoms with Crippen LogP contribution in [0, 0.1) is 11.6 Å². The molecule has 0 bridgehead atoms. The SMILES string of the molecule is CN1CCN(c2ccc(C(=O)Nc3n[nH]c4ccc(C(C)(C)c5cc(F)cc(F)c5)cc34)cc2)CC1. The number of fused-ring (bicyclic) bond motifs is 1. The van der Waals surface area contributed by atoms with Crippen LogP contribution in [0.25, 0.3) is 10.9 Å². The highest BCUT2D eigenvalue weighted by atomic mass is 19.1. The topological polar surface area (TPSA) is 64.3 Å². The fraction of sp³-hybridized carbons (Fsp3) is 0.286. The van der Waals surface area contributed by atoms with Crippen LogP contribution >= 0.6 is 0 Å². The van der Waals surface area contributed by atoms with E-state index in [1.165, 1.54) is 12.1 Å². The van der Waals surface area contributed by atoms with E-state index in [9.17, 15) is 13.6 Å². The van der Waals surface area contributed by atoms with Gasteiger partial charge in [0.05, 0.1) is 5.52 Å². The first-order chi connectivity index (χ1) is 17.2. The molecule has 1 fully saturated rings. The quantitative estimate of drug-likeness (QED) is 0.406. The molecule has 3 aromatic carbocycles. The molecule has 186 valence electrons. The number of likely N-dealkylation sites (N-methyl/N-ethyl adjacent to an activating group) is 1. The largest absolute Gasteiger partial charge is 0.369 e. The van der Waals surface area contributed by atoms with E-state index in [0.717, 1.165) is 54.4 Å². The molecule has 1 saturated heterocycles. The molecule has 8 heteroatoms. The smallest absolute Gasteiger partial charge is 0.256 e. The summed E-state index contributed by atoms with van der Waals surface area (Å²) in [5.74, 6) is -1.09. The molecule has 0 unspecified atom stereocenters. The van der Waals surface area contributed by atoms with E-state index in [0.29, 0.717) is 16.9 Å². The third kappa shape index (κ3) is 4.68. The minimum atomic E-state index is -0.672. The summed E-state index contributed by atoms with van der Waals surface area (Å²) in [5.41, 5.74) is 3.08. The predicted octanol–water partition coefficient (Wildman–Crippen LogP) is 5.17. The van der Waals surface area contributed by atoms with E-state index in [1.807, 2.05) is 56.3 Å². The lowest BCUT2D eigenvalue weighted by molar-refractivity contribution is 0.102. The molecule has 4 aromatic rings. The summed E-state index contributed by atoms with van der Waals surface area (Å²) in [4.78, 5) is 17.6. The summed E-state index contributed by atoms with van der Waals surface area (Å²) < 4.78 is 27.8. The molecular weight excluding hydrogens is 460 g/mol. The Morgan fingerprint density at radius 2 is 1.58 bits per heavy atom. The standard InChI is InChI=1S/C28H29F2N5O/c1-28(2,20-14-21(29)17-22(30)15-20)19-6-9-25-24(16-19)26(33-32-25)31-27(36)18-4-7-23(8-5-18)35-12-10-34(3)11-13-35/h4-9,14-17H,10-13H2,1-3H3,(H2,31,32,33,36). The number of aromatic amines is 1. The number of nitrogens with zero attached hydrogens (tertiary/aromatic N) is 3. The van der Waals surface area contributed by atoms with Crippen molar-refractivity contribution in [2.75, 3.05) is 43.4 Å². The van der Waals surface area contributed by atoms with Gasteiger partial charge in [0.2, 0.25) is 0 Å². The van der Waals surface area contributed by atoms with Crippen molar-refractivity contribution in [2.45, 2.75) is 19.3 Å². The number of piperazine rings is 1. The molecule has 1 aliphatic rings. The summed E-state index contributed by atoms with van der Waals surface area (Å²) in [6.45, 7) is 7.76. The van der Waals surface area contributed by atoms with Crippen LogP contribution in [0.3, 0.4) is 0 Å². The van der Waals surface area contributed by atoms with Gasteiger partial charge in [0.15, 0.2) is 5.82 Å². The highest BCUT2D eigenvalue weighted by Gasteiger charge is 2.26. The van der Waals surface area contributed by atoms with Crippen molar-refractivity contribution in [1.29, 1.82) is 0 Å². The van der Waals surface area contributed by atoms with Gasteiger partial charge in [-0.1, -0.05) is 19.9 Å². The van der Waals surface area contributed by atoms with Gasteiger partial charge in [0.1, 0.15) is 11.6 Å². The van der Waals surface area contributed by atoms with Gasteiger partial charge in [0.25, 0.3) is 5.91 Å². The van der Waals surface area contributed by atoms with E-state index in [4.69, 9.17) is 0 Å². The Balaban J connectivity index is 1.37. The number of nitrogens with one attached hydrogen (secondary N) is 2. The van der Waals surface area contributed by atoms with Crippen LogP contribution in [0.4, 0.5) is 20.3 Å². The monoisotopic (exact) mass is 489 g/mol. The lowest BCUT2D eigenvalue weighted by Crippen LogP contribution is -2.44. The number of hydrogen-bond acceptors (Lipinski definition) is 4. The molecule has 0 radical (unpaired) electrons. The Kier molecular flexibility index (Phi) is 6.22. The second kappa shape index (κ2) is 9.35. The minimum Gasteiger partial charge on any atom is -0.369 e. The van der Waals surface area contributed by atoms with Gasteiger partial charge in [-0.3, -0.25) is 9.89 Å². The first-order valence-electron chi connectivity index (χ1n) is 12.0. The van der Waals surface area contributed by atoms with E-state index >= 15 is 0 Å². The zero-order valence-electron chi connectivity index (χ0n) is 20.6. The van der Waals surface area contributed by atoms with Crippen LogP contribution < -0.4 is 10.2 Å². The van der Waals surface area contributed by atoms with E-state index in [-0.39, 0.29) is 5.91 Å². The average Bonchev–Trinajstić information content (AvgIpc) is 3.26. The van der Waals surface area contributed by atoms with Gasteiger partial charge in [0, 0.05) is 54.3 Å². The van der Waals surface area contributed by atoms with Crippen molar-refractivity contribution >= 4 is 28.3 Å². The zero-order valence-corrected chi connectivity index (χ0v) is 20.6. The molecule has 2 heterocycles. The van der Waals surface area contributed by atoms with Gasteiger partial charge in [-0.25, -0.2) is 8.78 Å². The van der Waals surface area contributed by atoms with Gasteiger partial charge >= 0.3 is 0 Å². The summed E-state index contributed by atoms with van der Waals surface area (Å²) in [5, 5.41) is 10.9. The average molecular weight is 490 g/mol. The van der Waals surface area contributed by atoms with Gasteiger partial charge in [-0.2, -0.15) is 5.10 Å². The Hall–Kier alpha value is -3.78. The molecule has 5 rings (SSSR count). The molecule has 0 spiro atoms. The molecule has 1 amide bonds. The van der Waals surface area contributed by atoms with Crippen molar-refractivity contribution in [3.05, 3.63) is 89.0 Å². The number of anilines is 2.